The molecule has 0 aromatic heterocycles. The van der Waals surface area contributed by atoms with E-state index < -0.39 is 0 Å². The van der Waals surface area contributed by atoms with E-state index in [9.17, 15) is 9.59 Å². The van der Waals surface area contributed by atoms with Gasteiger partial charge < -0.3 is 9.64 Å². The third-order valence-electron chi connectivity index (χ3n) is 3.87. The summed E-state index contributed by atoms with van der Waals surface area (Å²) in [6, 6.07) is 7.51. The van der Waals surface area contributed by atoms with Crippen molar-refractivity contribution in [2.45, 2.75) is 38.1 Å². The summed E-state index contributed by atoms with van der Waals surface area (Å²) >= 11 is 5.67. The maximum absolute atomic E-state index is 12.4. The number of alkyl halides is 1. The van der Waals surface area contributed by atoms with Gasteiger partial charge in [-0.25, -0.2) is 0 Å². The Morgan fingerprint density at radius 2 is 2.10 bits per heavy atom. The lowest BCUT2D eigenvalue weighted by molar-refractivity contribution is -0.143. The first-order valence-corrected chi connectivity index (χ1v) is 7.68. The van der Waals surface area contributed by atoms with Gasteiger partial charge in [-0.2, -0.15) is 0 Å². The lowest BCUT2D eigenvalue weighted by atomic mass is 9.86. The van der Waals surface area contributed by atoms with E-state index in [0.717, 1.165) is 11.3 Å². The van der Waals surface area contributed by atoms with Gasteiger partial charge in [-0.3, -0.25) is 9.59 Å². The Hall–Kier alpha value is -1.55. The molecule has 0 radical (unpaired) electrons. The van der Waals surface area contributed by atoms with Gasteiger partial charge in [-0.05, 0) is 31.4 Å². The third kappa shape index (κ3) is 3.21. The van der Waals surface area contributed by atoms with Crippen LogP contribution in [0.4, 0.5) is 5.69 Å². The van der Waals surface area contributed by atoms with Crippen LogP contribution in [0.15, 0.2) is 24.3 Å². The van der Waals surface area contributed by atoms with Crippen LogP contribution in [0.25, 0.3) is 0 Å². The minimum atomic E-state index is -0.307. The lowest BCUT2D eigenvalue weighted by Crippen LogP contribution is -2.44. The number of para-hydroxylation sites is 1. The van der Waals surface area contributed by atoms with E-state index in [-0.39, 0.29) is 23.8 Å². The zero-order valence-corrected chi connectivity index (χ0v) is 13.1. The predicted molar refractivity (Wildman–Crippen MR) is 82.7 cm³/mol. The number of ether oxygens (including phenoxy) is 1. The Kier molecular flexibility index (Phi) is 5.23. The predicted octanol–water partition coefficient (Wildman–Crippen LogP) is 3.09. The van der Waals surface area contributed by atoms with Crippen molar-refractivity contribution in [2.75, 3.05) is 17.9 Å². The Balaban J connectivity index is 2.36. The standard InChI is InChI=1S/C16H20ClNO3/c1-11-10-13(16(20)21-2)12-6-3-4-7-14(12)18(11)15(19)8-5-9-17/h3-4,6-7,11,13H,5,8-10H2,1-2H3. The Labute approximate surface area is 130 Å². The molecular weight excluding hydrogens is 290 g/mol. The maximum atomic E-state index is 12.4. The van der Waals surface area contributed by atoms with E-state index in [1.54, 1.807) is 4.90 Å². The number of carbonyl (C=O) groups is 2. The molecule has 1 heterocycles. The largest absolute Gasteiger partial charge is 0.469 e. The highest BCUT2D eigenvalue weighted by Crippen LogP contribution is 2.39. The highest BCUT2D eigenvalue weighted by Gasteiger charge is 2.36. The highest BCUT2D eigenvalue weighted by atomic mass is 35.5. The summed E-state index contributed by atoms with van der Waals surface area (Å²) in [4.78, 5) is 26.2. The number of amides is 1. The summed E-state index contributed by atoms with van der Waals surface area (Å²) in [5.41, 5.74) is 1.67. The summed E-state index contributed by atoms with van der Waals surface area (Å²) in [7, 11) is 1.40. The van der Waals surface area contributed by atoms with E-state index >= 15 is 0 Å². The molecule has 1 aliphatic heterocycles. The highest BCUT2D eigenvalue weighted by molar-refractivity contribution is 6.18. The molecule has 2 rings (SSSR count). The van der Waals surface area contributed by atoms with Gasteiger partial charge in [0.15, 0.2) is 0 Å². The van der Waals surface area contributed by atoms with Gasteiger partial charge >= 0.3 is 5.97 Å². The van der Waals surface area contributed by atoms with Crippen molar-refractivity contribution in [2.24, 2.45) is 0 Å². The van der Waals surface area contributed by atoms with E-state index in [0.29, 0.717) is 25.1 Å². The number of esters is 1. The van der Waals surface area contributed by atoms with E-state index in [4.69, 9.17) is 16.3 Å². The summed E-state index contributed by atoms with van der Waals surface area (Å²) in [5.74, 6) is -0.0280. The van der Waals surface area contributed by atoms with Gasteiger partial charge in [0.25, 0.3) is 0 Å². The van der Waals surface area contributed by atoms with Crippen molar-refractivity contribution in [3.8, 4) is 0 Å². The summed E-state index contributed by atoms with van der Waals surface area (Å²) in [6.07, 6.45) is 1.66. The average Bonchev–Trinajstić information content (AvgIpc) is 2.51. The second-order valence-electron chi connectivity index (χ2n) is 5.28. The summed E-state index contributed by atoms with van der Waals surface area (Å²) in [5, 5.41) is 0. The van der Waals surface area contributed by atoms with Crippen LogP contribution >= 0.6 is 11.6 Å². The molecule has 0 aliphatic carbocycles. The fourth-order valence-electron chi connectivity index (χ4n) is 2.90. The molecule has 0 spiro atoms. The number of anilines is 1. The van der Waals surface area contributed by atoms with Gasteiger partial charge in [-0.15, -0.1) is 11.6 Å². The molecule has 0 fully saturated rings. The third-order valence-corrected chi connectivity index (χ3v) is 4.14. The molecule has 1 aliphatic rings. The fraction of sp³-hybridized carbons (Fsp3) is 0.500. The number of rotatable bonds is 4. The van der Waals surface area contributed by atoms with Crippen LogP contribution in [0.2, 0.25) is 0 Å². The smallest absolute Gasteiger partial charge is 0.313 e. The molecule has 4 nitrogen and oxygen atoms in total. The molecule has 5 heteroatoms. The van der Waals surface area contributed by atoms with E-state index in [1.807, 2.05) is 31.2 Å². The second-order valence-corrected chi connectivity index (χ2v) is 5.65. The first-order valence-electron chi connectivity index (χ1n) is 7.15. The number of hydrogen-bond donors (Lipinski definition) is 0. The molecule has 21 heavy (non-hydrogen) atoms. The molecule has 2 unspecified atom stereocenters. The van der Waals surface area contributed by atoms with Crippen molar-refractivity contribution in [3.63, 3.8) is 0 Å². The van der Waals surface area contributed by atoms with Crippen LogP contribution < -0.4 is 4.90 Å². The van der Waals surface area contributed by atoms with Crippen LogP contribution in [0.3, 0.4) is 0 Å². The molecule has 1 aromatic rings. The van der Waals surface area contributed by atoms with Crippen molar-refractivity contribution in [1.82, 2.24) is 0 Å². The van der Waals surface area contributed by atoms with Crippen molar-refractivity contribution >= 4 is 29.2 Å². The van der Waals surface area contributed by atoms with Gasteiger partial charge in [0.1, 0.15) is 0 Å². The number of halogens is 1. The average molecular weight is 310 g/mol. The number of hydrogen-bond acceptors (Lipinski definition) is 3. The van der Waals surface area contributed by atoms with Crippen LogP contribution in [-0.4, -0.2) is 30.9 Å². The number of methoxy groups -OCH3 is 1. The molecule has 0 saturated carbocycles. The van der Waals surface area contributed by atoms with E-state index in [2.05, 4.69) is 0 Å². The minimum absolute atomic E-state index is 0.0353. The zero-order chi connectivity index (χ0) is 15.4. The quantitative estimate of drug-likeness (QED) is 0.634. The SMILES string of the molecule is COC(=O)C1CC(C)N(C(=O)CCCCl)c2ccccc21. The number of carbonyl (C=O) groups excluding carboxylic acids is 2. The first kappa shape index (κ1) is 15.8. The van der Waals surface area contributed by atoms with Crippen LogP contribution in [0.1, 0.15) is 37.7 Å². The molecule has 1 amide bonds. The number of benzene rings is 1. The molecule has 114 valence electrons. The van der Waals surface area contributed by atoms with Gasteiger partial charge in [-0.1, -0.05) is 18.2 Å². The van der Waals surface area contributed by atoms with E-state index in [1.165, 1.54) is 7.11 Å². The topological polar surface area (TPSA) is 46.6 Å². The Morgan fingerprint density at radius 1 is 1.38 bits per heavy atom. The molecular formula is C16H20ClNO3. The lowest BCUT2D eigenvalue weighted by Gasteiger charge is -2.38. The van der Waals surface area contributed by atoms with Crippen LogP contribution in [-0.2, 0) is 14.3 Å². The Morgan fingerprint density at radius 3 is 2.76 bits per heavy atom. The molecule has 0 saturated heterocycles. The molecule has 0 bridgehead atoms. The van der Waals surface area contributed by atoms with Crippen molar-refractivity contribution < 1.29 is 14.3 Å². The Bertz CT molecular complexity index is 532. The maximum Gasteiger partial charge on any atom is 0.313 e. The zero-order valence-electron chi connectivity index (χ0n) is 12.3. The monoisotopic (exact) mass is 309 g/mol. The number of nitrogens with zero attached hydrogens (tertiary/aromatic N) is 1. The second kappa shape index (κ2) is 6.94. The normalized spacial score (nSPS) is 20.8. The van der Waals surface area contributed by atoms with Crippen molar-refractivity contribution in [1.29, 1.82) is 0 Å². The van der Waals surface area contributed by atoms with Gasteiger partial charge in [0.2, 0.25) is 5.91 Å². The van der Waals surface area contributed by atoms with Crippen LogP contribution in [0.5, 0.6) is 0 Å². The van der Waals surface area contributed by atoms with Crippen molar-refractivity contribution in [3.05, 3.63) is 29.8 Å². The molecule has 2 atom stereocenters. The minimum Gasteiger partial charge on any atom is -0.469 e. The summed E-state index contributed by atoms with van der Waals surface area (Å²) < 4.78 is 4.90. The van der Waals surface area contributed by atoms with Crippen LogP contribution in [0, 0.1) is 0 Å². The first-order chi connectivity index (χ1) is 10.1. The molecule has 0 N–H and O–H groups in total. The number of fused-ring (bicyclic) bond motifs is 1. The molecule has 1 aromatic carbocycles. The van der Waals surface area contributed by atoms with Gasteiger partial charge in [0.05, 0.1) is 13.0 Å². The summed E-state index contributed by atoms with van der Waals surface area (Å²) in [6.45, 7) is 1.96. The van der Waals surface area contributed by atoms with Gasteiger partial charge in [0, 0.05) is 24.0 Å². The fourth-order valence-corrected chi connectivity index (χ4v) is 3.03.